The zero-order valence-electron chi connectivity index (χ0n) is 16.4. The monoisotopic (exact) mass is 416 g/mol. The van der Waals surface area contributed by atoms with Gasteiger partial charge < -0.3 is 0 Å². The van der Waals surface area contributed by atoms with Crippen LogP contribution in [0.5, 0.6) is 0 Å². The molecule has 0 fully saturated rings. The summed E-state index contributed by atoms with van der Waals surface area (Å²) in [4.78, 5) is 25.3. The van der Waals surface area contributed by atoms with Crippen LogP contribution in [-0.2, 0) is 0 Å². The maximum absolute atomic E-state index is 11.5. The van der Waals surface area contributed by atoms with Gasteiger partial charge in [0, 0.05) is 41.1 Å². The quantitative estimate of drug-likeness (QED) is 0.324. The lowest BCUT2D eigenvalue weighted by atomic mass is 9.93. The van der Waals surface area contributed by atoms with Crippen molar-refractivity contribution < 1.29 is 9.59 Å². The van der Waals surface area contributed by atoms with Crippen molar-refractivity contribution in [1.29, 1.82) is 0 Å². The summed E-state index contributed by atoms with van der Waals surface area (Å²) < 4.78 is 2.27. The van der Waals surface area contributed by atoms with Crippen molar-refractivity contribution in [3.63, 3.8) is 0 Å². The Morgan fingerprint density at radius 1 is 0.828 bits per heavy atom. The predicted molar refractivity (Wildman–Crippen MR) is 125 cm³/mol. The Hall–Kier alpha value is -2.56. The van der Waals surface area contributed by atoms with E-state index >= 15 is 0 Å². The van der Waals surface area contributed by atoms with Gasteiger partial charge in [0.1, 0.15) is 6.29 Å². The van der Waals surface area contributed by atoms with Crippen LogP contribution in [0.4, 0.5) is 0 Å². The van der Waals surface area contributed by atoms with E-state index in [4.69, 9.17) is 0 Å². The largest absolute Gasteiger partial charge is 0.298 e. The van der Waals surface area contributed by atoms with Crippen molar-refractivity contribution >= 4 is 66.6 Å². The van der Waals surface area contributed by atoms with Crippen LogP contribution >= 0.6 is 22.7 Å². The highest BCUT2D eigenvalue weighted by Gasteiger charge is 2.25. The lowest BCUT2D eigenvalue weighted by Gasteiger charge is -2.10. The lowest BCUT2D eigenvalue weighted by molar-refractivity contribution is 0.111. The van der Waals surface area contributed by atoms with Crippen LogP contribution in [-0.4, -0.2) is 12.6 Å². The first kappa shape index (κ1) is 18.5. The molecule has 4 aromatic rings. The van der Waals surface area contributed by atoms with Crippen LogP contribution in [0, 0.1) is 13.8 Å². The molecule has 0 spiro atoms. The fraction of sp³-hybridized carbons (Fsp3) is 0.200. The number of aryl methyl sites for hydroxylation is 2. The number of fused-ring (bicyclic) bond motifs is 2. The minimum Gasteiger partial charge on any atom is -0.298 e. The maximum atomic E-state index is 11.5. The smallest absolute Gasteiger partial charge is 0.151 e. The van der Waals surface area contributed by atoms with Crippen LogP contribution in [0.25, 0.3) is 31.3 Å². The molecule has 2 nitrogen and oxygen atoms in total. The highest BCUT2D eigenvalue weighted by Crippen LogP contribution is 2.49. The van der Waals surface area contributed by atoms with E-state index in [0.717, 1.165) is 47.7 Å². The Kier molecular flexibility index (Phi) is 4.49. The summed E-state index contributed by atoms with van der Waals surface area (Å²) in [7, 11) is 0. The molecule has 0 amide bonds. The van der Waals surface area contributed by atoms with E-state index in [-0.39, 0.29) is 0 Å². The number of allylic oxidation sites excluding steroid dienone is 2. The minimum atomic E-state index is 0.729. The molecule has 2 aromatic carbocycles. The second kappa shape index (κ2) is 7.05. The van der Waals surface area contributed by atoms with E-state index in [1.807, 2.05) is 24.3 Å². The van der Waals surface area contributed by atoms with E-state index in [9.17, 15) is 9.59 Å². The molecule has 1 aliphatic rings. The normalized spacial score (nSPS) is 14.3. The van der Waals surface area contributed by atoms with Gasteiger partial charge in [-0.2, -0.15) is 0 Å². The van der Waals surface area contributed by atoms with Crippen LogP contribution in [0.15, 0.2) is 36.4 Å². The van der Waals surface area contributed by atoms with Gasteiger partial charge in [0.05, 0.1) is 0 Å². The molecular formula is C25H20O2S2. The van der Waals surface area contributed by atoms with Gasteiger partial charge in [-0.25, -0.2) is 0 Å². The fourth-order valence-corrected chi connectivity index (χ4v) is 7.00. The van der Waals surface area contributed by atoms with Gasteiger partial charge in [-0.05, 0) is 61.4 Å². The zero-order valence-corrected chi connectivity index (χ0v) is 18.0. The van der Waals surface area contributed by atoms with E-state index in [1.165, 1.54) is 47.5 Å². The second-order valence-corrected chi connectivity index (χ2v) is 10.1. The average Bonchev–Trinajstić information content (AvgIpc) is 3.40. The minimum absolute atomic E-state index is 0.729. The first-order valence-corrected chi connectivity index (χ1v) is 11.4. The average molecular weight is 417 g/mol. The van der Waals surface area contributed by atoms with E-state index in [1.54, 1.807) is 22.7 Å². The van der Waals surface area contributed by atoms with Crippen LogP contribution < -0.4 is 0 Å². The zero-order chi connectivity index (χ0) is 20.1. The summed E-state index contributed by atoms with van der Waals surface area (Å²) in [6.45, 7) is 4.36. The molecule has 0 aliphatic heterocycles. The molecule has 0 saturated heterocycles. The molecule has 0 N–H and O–H groups in total. The van der Waals surface area contributed by atoms with Crippen molar-refractivity contribution in [3.05, 3.63) is 68.4 Å². The Balaban J connectivity index is 1.79. The summed E-state index contributed by atoms with van der Waals surface area (Å²) in [5.41, 5.74) is 7.04. The molecule has 0 saturated carbocycles. The number of benzene rings is 2. The lowest BCUT2D eigenvalue weighted by Crippen LogP contribution is -1.89. The SMILES string of the molecule is Cc1sc2cc(C=O)ccc2c1C1=C(c2c(C)sc3c(C=O)cccc23)CCC1. The number of aldehydes is 2. The topological polar surface area (TPSA) is 34.1 Å². The number of hydrogen-bond acceptors (Lipinski definition) is 4. The standard InChI is InChI=1S/C25H20O2S2/c1-14-23(20-10-9-16(12-26)11-22(20)28-14)18-6-4-7-19(18)24-15(2)29-25-17(13-27)5-3-8-21(24)25/h3,5,8-13H,4,6-7H2,1-2H3. The molecule has 5 rings (SSSR count). The molecule has 0 radical (unpaired) electrons. The molecule has 2 heterocycles. The highest BCUT2D eigenvalue weighted by atomic mass is 32.1. The van der Waals surface area contributed by atoms with Crippen LogP contribution in [0.2, 0.25) is 0 Å². The molecule has 2 aromatic heterocycles. The van der Waals surface area contributed by atoms with Crippen molar-refractivity contribution in [2.45, 2.75) is 33.1 Å². The molecule has 0 unspecified atom stereocenters. The summed E-state index contributed by atoms with van der Waals surface area (Å²) in [5, 5.41) is 2.45. The van der Waals surface area contributed by atoms with Gasteiger partial charge >= 0.3 is 0 Å². The van der Waals surface area contributed by atoms with Gasteiger partial charge in [-0.15, -0.1) is 22.7 Å². The van der Waals surface area contributed by atoms with Gasteiger partial charge in [0.15, 0.2) is 6.29 Å². The van der Waals surface area contributed by atoms with Gasteiger partial charge in [0.2, 0.25) is 0 Å². The van der Waals surface area contributed by atoms with Gasteiger partial charge in [0.25, 0.3) is 0 Å². The molecule has 1 aliphatic carbocycles. The Morgan fingerprint density at radius 3 is 2.28 bits per heavy atom. The van der Waals surface area contributed by atoms with Crippen LogP contribution in [0.3, 0.4) is 0 Å². The first-order chi connectivity index (χ1) is 14.1. The molecule has 0 atom stereocenters. The molecule has 29 heavy (non-hydrogen) atoms. The second-order valence-electron chi connectivity index (χ2n) is 7.59. The predicted octanol–water partition coefficient (Wildman–Crippen LogP) is 7.45. The number of carbonyl (C=O) groups is 2. The molecule has 4 heteroatoms. The number of thiophene rings is 2. The summed E-state index contributed by atoms with van der Waals surface area (Å²) in [6.07, 6.45) is 5.17. The summed E-state index contributed by atoms with van der Waals surface area (Å²) in [5.74, 6) is 0. The first-order valence-electron chi connectivity index (χ1n) is 9.80. The fourth-order valence-electron chi connectivity index (χ4n) is 4.71. The third-order valence-corrected chi connectivity index (χ3v) is 8.13. The Morgan fingerprint density at radius 2 is 1.55 bits per heavy atom. The van der Waals surface area contributed by atoms with Crippen molar-refractivity contribution in [2.24, 2.45) is 0 Å². The third-order valence-electron chi connectivity index (χ3n) is 5.90. The molecule has 144 valence electrons. The number of hydrogen-bond donors (Lipinski definition) is 0. The summed E-state index contributed by atoms with van der Waals surface area (Å²) >= 11 is 3.50. The van der Waals surface area contributed by atoms with Crippen LogP contribution in [0.1, 0.15) is 60.9 Å². The number of rotatable bonds is 4. The van der Waals surface area contributed by atoms with Crippen molar-refractivity contribution in [1.82, 2.24) is 0 Å². The number of carbonyl (C=O) groups excluding carboxylic acids is 2. The third kappa shape index (κ3) is 2.82. The highest BCUT2D eigenvalue weighted by molar-refractivity contribution is 7.20. The van der Waals surface area contributed by atoms with E-state index < -0.39 is 0 Å². The maximum Gasteiger partial charge on any atom is 0.151 e. The van der Waals surface area contributed by atoms with E-state index in [0.29, 0.717) is 0 Å². The van der Waals surface area contributed by atoms with E-state index in [2.05, 4.69) is 26.0 Å². The van der Waals surface area contributed by atoms with Crippen molar-refractivity contribution in [3.8, 4) is 0 Å². The Bertz CT molecular complexity index is 1330. The van der Waals surface area contributed by atoms with Crippen molar-refractivity contribution in [2.75, 3.05) is 0 Å². The Labute approximate surface area is 177 Å². The molecule has 0 bridgehead atoms. The summed E-state index contributed by atoms with van der Waals surface area (Å²) in [6, 6.07) is 12.1. The molecular weight excluding hydrogens is 396 g/mol. The van der Waals surface area contributed by atoms with Gasteiger partial charge in [-0.3, -0.25) is 9.59 Å². The van der Waals surface area contributed by atoms with Gasteiger partial charge in [-0.1, -0.05) is 30.3 Å².